The molecule has 0 aliphatic rings. The van der Waals surface area contributed by atoms with Gasteiger partial charge >= 0.3 is 5.69 Å². The lowest BCUT2D eigenvalue weighted by atomic mass is 9.90. The molecular weight excluding hydrogens is 292 g/mol. The van der Waals surface area contributed by atoms with Crippen LogP contribution in [-0.2, 0) is 0 Å². The van der Waals surface area contributed by atoms with Crippen LogP contribution in [0.15, 0.2) is 82.5 Å². The highest BCUT2D eigenvalue weighted by atomic mass is 16.2. The first kappa shape index (κ1) is 14.7. The number of carbonyl (C=O) groups excluding carboxylic acids is 1. The van der Waals surface area contributed by atoms with Crippen LogP contribution in [0.2, 0.25) is 0 Å². The van der Waals surface area contributed by atoms with Crippen LogP contribution in [0.25, 0.3) is 0 Å². The molecule has 0 saturated heterocycles. The van der Waals surface area contributed by atoms with Crippen molar-refractivity contribution in [2.24, 2.45) is 0 Å². The SMILES string of the molecule is O=C(C(c1ccccc1)c1ccccc1)n1ccc(=O)[nH]c1=O. The highest BCUT2D eigenvalue weighted by Crippen LogP contribution is 2.25. The quantitative estimate of drug-likeness (QED) is 0.804. The predicted octanol–water partition coefficient (Wildman–Crippen LogP) is 2.01. The highest BCUT2D eigenvalue weighted by molar-refractivity contribution is 5.89. The standard InChI is InChI=1S/C18H14N2O3/c21-15-11-12-20(18(23)19-15)17(22)16(13-7-3-1-4-8-13)14-9-5-2-6-10-14/h1-12,16H,(H,19,21,23). The summed E-state index contributed by atoms with van der Waals surface area (Å²) in [5.74, 6) is -1.04. The molecule has 1 aromatic heterocycles. The van der Waals surface area contributed by atoms with Crippen molar-refractivity contribution in [2.45, 2.75) is 5.92 Å². The second kappa shape index (κ2) is 6.27. The molecule has 0 aliphatic heterocycles. The molecule has 3 aromatic rings. The zero-order valence-electron chi connectivity index (χ0n) is 12.2. The highest BCUT2D eigenvalue weighted by Gasteiger charge is 2.24. The summed E-state index contributed by atoms with van der Waals surface area (Å²) in [7, 11) is 0. The van der Waals surface area contributed by atoms with Gasteiger partial charge in [0.2, 0.25) is 5.91 Å². The average molecular weight is 306 g/mol. The summed E-state index contributed by atoms with van der Waals surface area (Å²) in [4.78, 5) is 38.2. The Morgan fingerprint density at radius 1 is 0.826 bits per heavy atom. The number of aromatic amines is 1. The Labute approximate surface area is 131 Å². The molecule has 0 fully saturated rings. The van der Waals surface area contributed by atoms with Crippen molar-refractivity contribution >= 4 is 5.91 Å². The van der Waals surface area contributed by atoms with E-state index in [0.29, 0.717) is 0 Å². The maximum absolute atomic E-state index is 12.9. The van der Waals surface area contributed by atoms with Gasteiger partial charge in [-0.1, -0.05) is 60.7 Å². The zero-order valence-corrected chi connectivity index (χ0v) is 12.2. The summed E-state index contributed by atoms with van der Waals surface area (Å²) in [6.45, 7) is 0. The molecule has 0 unspecified atom stereocenters. The minimum atomic E-state index is -0.737. The van der Waals surface area contributed by atoms with Crippen LogP contribution in [-0.4, -0.2) is 15.5 Å². The topological polar surface area (TPSA) is 71.9 Å². The van der Waals surface area contributed by atoms with E-state index in [-0.39, 0.29) is 0 Å². The Hall–Kier alpha value is -3.21. The Balaban J connectivity index is 2.14. The van der Waals surface area contributed by atoms with Gasteiger partial charge in [0.1, 0.15) is 0 Å². The van der Waals surface area contributed by atoms with Gasteiger partial charge in [-0.25, -0.2) is 9.36 Å². The van der Waals surface area contributed by atoms with Crippen LogP contribution in [0.4, 0.5) is 0 Å². The van der Waals surface area contributed by atoms with Gasteiger partial charge in [-0.2, -0.15) is 0 Å². The lowest BCUT2D eigenvalue weighted by molar-refractivity contribution is 0.0886. The molecule has 2 aromatic carbocycles. The third-order valence-electron chi connectivity index (χ3n) is 3.57. The van der Waals surface area contributed by atoms with Crippen LogP contribution in [0.3, 0.4) is 0 Å². The molecule has 114 valence electrons. The summed E-state index contributed by atoms with van der Waals surface area (Å²) in [5.41, 5.74) is 0.290. The monoisotopic (exact) mass is 306 g/mol. The minimum absolute atomic E-state index is 0.413. The molecule has 1 N–H and O–H groups in total. The van der Waals surface area contributed by atoms with Crippen molar-refractivity contribution in [2.75, 3.05) is 0 Å². The van der Waals surface area contributed by atoms with Crippen molar-refractivity contribution < 1.29 is 4.79 Å². The van der Waals surface area contributed by atoms with E-state index in [4.69, 9.17) is 0 Å². The summed E-state index contributed by atoms with van der Waals surface area (Å²) in [6, 6.07) is 19.6. The Morgan fingerprint density at radius 2 is 1.35 bits per heavy atom. The van der Waals surface area contributed by atoms with Gasteiger partial charge in [-0.15, -0.1) is 0 Å². The van der Waals surface area contributed by atoms with Crippen molar-refractivity contribution in [3.63, 3.8) is 0 Å². The van der Waals surface area contributed by atoms with Crippen molar-refractivity contribution in [3.8, 4) is 0 Å². The summed E-state index contributed by atoms with van der Waals surface area (Å²) in [6.07, 6.45) is 1.21. The van der Waals surface area contributed by atoms with Crippen molar-refractivity contribution in [1.82, 2.24) is 9.55 Å². The maximum Gasteiger partial charge on any atom is 0.335 e. The van der Waals surface area contributed by atoms with Gasteiger partial charge in [0.05, 0.1) is 5.92 Å². The van der Waals surface area contributed by atoms with Crippen LogP contribution in [0.1, 0.15) is 21.8 Å². The van der Waals surface area contributed by atoms with Gasteiger partial charge in [0.15, 0.2) is 0 Å². The molecule has 23 heavy (non-hydrogen) atoms. The van der Waals surface area contributed by atoms with Gasteiger partial charge < -0.3 is 0 Å². The number of carbonyl (C=O) groups is 1. The molecular formula is C18H14N2O3. The minimum Gasteiger partial charge on any atom is -0.274 e. The first-order valence-corrected chi connectivity index (χ1v) is 7.13. The molecule has 0 amide bonds. The smallest absolute Gasteiger partial charge is 0.274 e. The van der Waals surface area contributed by atoms with E-state index in [1.54, 1.807) is 0 Å². The molecule has 0 radical (unpaired) electrons. The first-order chi connectivity index (χ1) is 11.2. The second-order valence-corrected chi connectivity index (χ2v) is 5.07. The third kappa shape index (κ3) is 3.03. The molecule has 1 heterocycles. The average Bonchev–Trinajstić information content (AvgIpc) is 2.57. The van der Waals surface area contributed by atoms with E-state index in [0.717, 1.165) is 21.8 Å². The van der Waals surface area contributed by atoms with Crippen LogP contribution in [0, 0.1) is 0 Å². The fourth-order valence-electron chi connectivity index (χ4n) is 2.50. The lowest BCUT2D eigenvalue weighted by Gasteiger charge is -2.17. The molecule has 0 atom stereocenters. The Kier molecular flexibility index (Phi) is 4.01. The molecule has 5 heteroatoms. The number of aromatic nitrogens is 2. The van der Waals surface area contributed by atoms with E-state index >= 15 is 0 Å². The van der Waals surface area contributed by atoms with E-state index in [9.17, 15) is 14.4 Å². The maximum atomic E-state index is 12.9. The Morgan fingerprint density at radius 3 is 1.83 bits per heavy atom. The summed E-state index contributed by atoms with van der Waals surface area (Å²) < 4.78 is 0.937. The zero-order chi connectivity index (χ0) is 16.2. The fraction of sp³-hybridized carbons (Fsp3) is 0.0556. The van der Waals surface area contributed by atoms with Crippen LogP contribution >= 0.6 is 0 Å². The van der Waals surface area contributed by atoms with Crippen LogP contribution in [0.5, 0.6) is 0 Å². The second-order valence-electron chi connectivity index (χ2n) is 5.07. The molecule has 0 aliphatic carbocycles. The van der Waals surface area contributed by atoms with Gasteiger partial charge in [0.25, 0.3) is 5.56 Å². The largest absolute Gasteiger partial charge is 0.335 e. The normalized spacial score (nSPS) is 10.7. The Bertz CT molecular complexity index is 888. The van der Waals surface area contributed by atoms with Crippen LogP contribution < -0.4 is 11.2 Å². The molecule has 3 rings (SSSR count). The third-order valence-corrected chi connectivity index (χ3v) is 3.57. The number of nitrogens with zero attached hydrogens (tertiary/aromatic N) is 1. The fourth-order valence-corrected chi connectivity index (χ4v) is 2.50. The molecule has 5 nitrogen and oxygen atoms in total. The van der Waals surface area contributed by atoms with Gasteiger partial charge in [-0.3, -0.25) is 14.6 Å². The lowest BCUT2D eigenvalue weighted by Crippen LogP contribution is -2.35. The van der Waals surface area contributed by atoms with Crippen molar-refractivity contribution in [3.05, 3.63) is 105 Å². The van der Waals surface area contributed by atoms with E-state index < -0.39 is 23.1 Å². The van der Waals surface area contributed by atoms with Gasteiger partial charge in [0, 0.05) is 12.3 Å². The molecule has 0 spiro atoms. The van der Waals surface area contributed by atoms with E-state index in [1.807, 2.05) is 60.7 Å². The number of hydrogen-bond donors (Lipinski definition) is 1. The number of rotatable bonds is 3. The number of benzene rings is 2. The van der Waals surface area contributed by atoms with E-state index in [2.05, 4.69) is 4.98 Å². The van der Waals surface area contributed by atoms with E-state index in [1.165, 1.54) is 6.20 Å². The molecule has 0 saturated carbocycles. The number of nitrogens with one attached hydrogen (secondary N) is 1. The number of H-pyrrole nitrogens is 1. The number of hydrogen-bond acceptors (Lipinski definition) is 3. The predicted molar refractivity (Wildman–Crippen MR) is 86.7 cm³/mol. The molecule has 0 bridgehead atoms. The first-order valence-electron chi connectivity index (χ1n) is 7.13. The van der Waals surface area contributed by atoms with Gasteiger partial charge in [-0.05, 0) is 11.1 Å². The summed E-state index contributed by atoms with van der Waals surface area (Å²) in [5, 5.41) is 0. The summed E-state index contributed by atoms with van der Waals surface area (Å²) >= 11 is 0. The van der Waals surface area contributed by atoms with Crippen molar-refractivity contribution in [1.29, 1.82) is 0 Å².